The van der Waals surface area contributed by atoms with Crippen LogP contribution in [-0.2, 0) is 12.7 Å². The van der Waals surface area contributed by atoms with Gasteiger partial charge < -0.3 is 10.2 Å². The molecule has 2 N–H and O–H groups in total. The summed E-state index contributed by atoms with van der Waals surface area (Å²) >= 11 is 0. The first-order chi connectivity index (χ1) is 17.3. The standard InChI is InChI=1S/C25H29F4N5O3/c1-5-33(32-22(35)17-9-19(25(27,28)29)11-20(26)10-17)24(37)31-13-21-14(2)8-18(12-30-21)23(36)34-15(3)6-7-16(34)4/h8-12,15-16H,5-7,13H2,1-4H3,(H,31,37)(H,32,35)/t15-,16+. The Labute approximate surface area is 212 Å². The topological polar surface area (TPSA) is 94.6 Å². The molecule has 0 bridgehead atoms. The summed E-state index contributed by atoms with van der Waals surface area (Å²) in [5.74, 6) is -2.41. The van der Waals surface area contributed by atoms with E-state index in [4.69, 9.17) is 0 Å². The maximum atomic E-state index is 13.6. The quantitative estimate of drug-likeness (QED) is 0.448. The van der Waals surface area contributed by atoms with Crippen LogP contribution in [0.4, 0.5) is 22.4 Å². The fourth-order valence-electron chi connectivity index (χ4n) is 4.25. The van der Waals surface area contributed by atoms with Crippen LogP contribution in [0.5, 0.6) is 0 Å². The van der Waals surface area contributed by atoms with Crippen molar-refractivity contribution in [2.75, 3.05) is 6.54 Å². The van der Waals surface area contributed by atoms with E-state index in [1.807, 2.05) is 18.7 Å². The van der Waals surface area contributed by atoms with Crippen LogP contribution in [0.1, 0.15) is 71.1 Å². The highest BCUT2D eigenvalue weighted by Gasteiger charge is 2.33. The van der Waals surface area contributed by atoms with Crippen molar-refractivity contribution >= 4 is 17.8 Å². The molecular weight excluding hydrogens is 494 g/mol. The number of carbonyl (C=O) groups is 3. The second kappa shape index (κ2) is 11.1. The molecule has 1 fully saturated rings. The third-order valence-corrected chi connectivity index (χ3v) is 6.31. The number of alkyl halides is 3. The van der Waals surface area contributed by atoms with Crippen LogP contribution in [-0.4, -0.2) is 51.4 Å². The van der Waals surface area contributed by atoms with Crippen LogP contribution in [0.3, 0.4) is 0 Å². The van der Waals surface area contributed by atoms with Crippen molar-refractivity contribution in [3.63, 3.8) is 0 Å². The van der Waals surface area contributed by atoms with E-state index in [0.29, 0.717) is 29.0 Å². The van der Waals surface area contributed by atoms with Gasteiger partial charge in [-0.1, -0.05) is 0 Å². The van der Waals surface area contributed by atoms with Crippen molar-refractivity contribution < 1.29 is 31.9 Å². The summed E-state index contributed by atoms with van der Waals surface area (Å²) in [4.78, 5) is 44.1. The molecule has 200 valence electrons. The lowest BCUT2D eigenvalue weighted by atomic mass is 10.1. The van der Waals surface area contributed by atoms with Gasteiger partial charge in [0.05, 0.1) is 23.4 Å². The minimum absolute atomic E-state index is 0.0227. The molecule has 0 aliphatic carbocycles. The highest BCUT2D eigenvalue weighted by Crippen LogP contribution is 2.30. The number of pyridine rings is 1. The predicted octanol–water partition coefficient (Wildman–Crippen LogP) is 4.44. The fourth-order valence-corrected chi connectivity index (χ4v) is 4.25. The highest BCUT2D eigenvalue weighted by atomic mass is 19.4. The molecule has 2 aromatic rings. The van der Waals surface area contributed by atoms with E-state index in [9.17, 15) is 31.9 Å². The molecule has 4 amide bonds. The fraction of sp³-hybridized carbons (Fsp3) is 0.440. The third-order valence-electron chi connectivity index (χ3n) is 6.31. The van der Waals surface area contributed by atoms with Gasteiger partial charge in [0.1, 0.15) is 5.82 Å². The summed E-state index contributed by atoms with van der Waals surface area (Å²) in [5, 5.41) is 3.42. The van der Waals surface area contributed by atoms with Gasteiger partial charge in [0.15, 0.2) is 0 Å². The molecule has 2 atom stereocenters. The van der Waals surface area contributed by atoms with E-state index in [2.05, 4.69) is 15.7 Å². The summed E-state index contributed by atoms with van der Waals surface area (Å²) < 4.78 is 52.5. The number of hydrazine groups is 1. The first kappa shape index (κ1) is 27.9. The summed E-state index contributed by atoms with van der Waals surface area (Å²) in [6, 6.07) is 2.68. The van der Waals surface area contributed by atoms with Crippen molar-refractivity contribution in [3.8, 4) is 0 Å². The molecule has 0 spiro atoms. The summed E-state index contributed by atoms with van der Waals surface area (Å²) in [5.41, 5.74) is 1.90. The van der Waals surface area contributed by atoms with Crippen LogP contribution >= 0.6 is 0 Å². The molecule has 1 aromatic heterocycles. The predicted molar refractivity (Wildman–Crippen MR) is 127 cm³/mol. The Morgan fingerprint density at radius 3 is 2.30 bits per heavy atom. The maximum Gasteiger partial charge on any atom is 0.416 e. The average Bonchev–Trinajstić information content (AvgIpc) is 3.17. The second-order valence-electron chi connectivity index (χ2n) is 9.05. The van der Waals surface area contributed by atoms with Gasteiger partial charge in [0, 0.05) is 30.4 Å². The highest BCUT2D eigenvalue weighted by molar-refractivity contribution is 5.96. The lowest BCUT2D eigenvalue weighted by molar-refractivity contribution is -0.137. The van der Waals surface area contributed by atoms with Crippen LogP contribution < -0.4 is 10.7 Å². The van der Waals surface area contributed by atoms with E-state index in [1.165, 1.54) is 13.1 Å². The number of rotatable bonds is 5. The molecule has 3 rings (SSSR count). The molecule has 2 heterocycles. The lowest BCUT2D eigenvalue weighted by Crippen LogP contribution is -2.50. The molecule has 1 aliphatic heterocycles. The van der Waals surface area contributed by atoms with Gasteiger partial charge in [-0.15, -0.1) is 0 Å². The number of benzene rings is 1. The molecule has 1 aliphatic rings. The van der Waals surface area contributed by atoms with E-state index in [0.717, 1.165) is 17.9 Å². The zero-order valence-corrected chi connectivity index (χ0v) is 20.9. The second-order valence-corrected chi connectivity index (χ2v) is 9.05. The minimum atomic E-state index is -4.84. The van der Waals surface area contributed by atoms with E-state index in [1.54, 1.807) is 13.0 Å². The number of aromatic nitrogens is 1. The van der Waals surface area contributed by atoms with Crippen LogP contribution in [0.15, 0.2) is 30.5 Å². The van der Waals surface area contributed by atoms with Gasteiger partial charge in [0.25, 0.3) is 11.8 Å². The molecule has 0 saturated carbocycles. The normalized spacial score (nSPS) is 17.5. The van der Waals surface area contributed by atoms with E-state index >= 15 is 0 Å². The summed E-state index contributed by atoms with van der Waals surface area (Å²) in [6.07, 6.45) is -1.50. The smallest absolute Gasteiger partial charge is 0.333 e. The van der Waals surface area contributed by atoms with Crippen molar-refractivity contribution in [3.05, 3.63) is 64.2 Å². The number of aryl methyl sites for hydroxylation is 1. The molecule has 8 nitrogen and oxygen atoms in total. The van der Waals surface area contributed by atoms with Gasteiger partial charge in [-0.3, -0.25) is 20.0 Å². The first-order valence-electron chi connectivity index (χ1n) is 11.8. The number of carbonyl (C=O) groups excluding carboxylic acids is 3. The Morgan fingerprint density at radius 2 is 1.73 bits per heavy atom. The molecule has 1 saturated heterocycles. The maximum absolute atomic E-state index is 13.6. The Bertz CT molecular complexity index is 1180. The van der Waals surface area contributed by atoms with Crippen LogP contribution in [0.25, 0.3) is 0 Å². The number of amides is 4. The van der Waals surface area contributed by atoms with Crippen molar-refractivity contribution in [1.82, 2.24) is 25.6 Å². The first-order valence-corrected chi connectivity index (χ1v) is 11.8. The molecule has 0 radical (unpaired) electrons. The van der Waals surface area contributed by atoms with Crippen molar-refractivity contribution in [1.29, 1.82) is 0 Å². The number of likely N-dealkylation sites (tertiary alicyclic amines) is 1. The zero-order chi connectivity index (χ0) is 27.5. The van der Waals surface area contributed by atoms with Crippen molar-refractivity contribution in [2.24, 2.45) is 0 Å². The summed E-state index contributed by atoms with van der Waals surface area (Å²) in [6.45, 7) is 7.26. The molecule has 37 heavy (non-hydrogen) atoms. The van der Waals surface area contributed by atoms with E-state index in [-0.39, 0.29) is 37.1 Å². The Hall–Kier alpha value is -3.70. The number of halogens is 4. The van der Waals surface area contributed by atoms with Gasteiger partial charge in [0.2, 0.25) is 0 Å². The molecule has 0 unspecified atom stereocenters. The molecule has 12 heteroatoms. The van der Waals surface area contributed by atoms with Gasteiger partial charge in [-0.05, 0) is 70.4 Å². The monoisotopic (exact) mass is 523 g/mol. The minimum Gasteiger partial charge on any atom is -0.333 e. The largest absolute Gasteiger partial charge is 0.416 e. The van der Waals surface area contributed by atoms with Gasteiger partial charge in [-0.25, -0.2) is 14.2 Å². The zero-order valence-electron chi connectivity index (χ0n) is 20.9. The van der Waals surface area contributed by atoms with Crippen molar-refractivity contribution in [2.45, 2.75) is 65.3 Å². The number of nitrogens with zero attached hydrogens (tertiary/aromatic N) is 3. The average molecular weight is 524 g/mol. The Balaban J connectivity index is 1.64. The number of nitrogens with one attached hydrogen (secondary N) is 2. The van der Waals surface area contributed by atoms with Crippen LogP contribution in [0.2, 0.25) is 0 Å². The molecular formula is C25H29F4N5O3. The molecule has 1 aromatic carbocycles. The number of hydrogen-bond donors (Lipinski definition) is 2. The van der Waals surface area contributed by atoms with Gasteiger partial charge in [-0.2, -0.15) is 13.2 Å². The third kappa shape index (κ3) is 6.55. The summed E-state index contributed by atoms with van der Waals surface area (Å²) in [7, 11) is 0. The Kier molecular flexibility index (Phi) is 8.39. The van der Waals surface area contributed by atoms with Crippen LogP contribution in [0, 0.1) is 12.7 Å². The SMILES string of the molecule is CCN(NC(=O)c1cc(F)cc(C(F)(F)F)c1)C(=O)NCc1ncc(C(=O)N2[C@H](C)CC[C@@H]2C)cc1C. The number of hydrogen-bond acceptors (Lipinski definition) is 4. The number of urea groups is 1. The van der Waals surface area contributed by atoms with Gasteiger partial charge >= 0.3 is 12.2 Å². The Morgan fingerprint density at radius 1 is 1.08 bits per heavy atom. The lowest BCUT2D eigenvalue weighted by Gasteiger charge is -2.26. The van der Waals surface area contributed by atoms with E-state index < -0.39 is 35.1 Å².